The first-order valence-electron chi connectivity index (χ1n) is 6.21. The Morgan fingerprint density at radius 3 is 1.88 bits per heavy atom. The molecule has 5 nitrogen and oxygen atoms in total. The van der Waals surface area contributed by atoms with Gasteiger partial charge in [-0.25, -0.2) is 0 Å². The van der Waals surface area contributed by atoms with E-state index in [1.807, 2.05) is 0 Å². The molecule has 0 spiro atoms. The number of hydrogen-bond donors (Lipinski definition) is 3. The summed E-state index contributed by atoms with van der Waals surface area (Å²) in [5, 5.41) is 16.9. The molecule has 17 heavy (non-hydrogen) atoms. The summed E-state index contributed by atoms with van der Waals surface area (Å²) in [5.41, 5.74) is 5.84. The summed E-state index contributed by atoms with van der Waals surface area (Å²) in [6.07, 6.45) is 6.35. The second-order valence-electron chi connectivity index (χ2n) is 4.39. The van der Waals surface area contributed by atoms with Gasteiger partial charge < -0.3 is 15.9 Å². The van der Waals surface area contributed by atoms with E-state index in [2.05, 4.69) is 0 Å². The summed E-state index contributed by atoms with van der Waals surface area (Å²) in [6.45, 7) is 0. The number of carboxylic acids is 2. The SMILES string of the molecule is NC(CCCCCCC(=O)O)CCCC(=O)O. The molecule has 0 heterocycles. The lowest BCUT2D eigenvalue weighted by Crippen LogP contribution is -2.19. The van der Waals surface area contributed by atoms with Gasteiger partial charge in [-0.15, -0.1) is 0 Å². The molecule has 0 rings (SSSR count). The van der Waals surface area contributed by atoms with E-state index in [9.17, 15) is 9.59 Å². The summed E-state index contributed by atoms with van der Waals surface area (Å²) < 4.78 is 0. The third-order valence-electron chi connectivity index (χ3n) is 2.68. The van der Waals surface area contributed by atoms with Crippen LogP contribution in [0.5, 0.6) is 0 Å². The van der Waals surface area contributed by atoms with Gasteiger partial charge in [0.15, 0.2) is 0 Å². The van der Waals surface area contributed by atoms with Crippen LogP contribution in [0.15, 0.2) is 0 Å². The smallest absolute Gasteiger partial charge is 0.303 e. The molecule has 0 aliphatic carbocycles. The molecule has 0 aromatic rings. The van der Waals surface area contributed by atoms with Crippen molar-refractivity contribution in [3.8, 4) is 0 Å². The van der Waals surface area contributed by atoms with E-state index in [1.165, 1.54) is 0 Å². The van der Waals surface area contributed by atoms with Crippen molar-refractivity contribution in [1.82, 2.24) is 0 Å². The Morgan fingerprint density at radius 2 is 1.29 bits per heavy atom. The Balaban J connectivity index is 3.24. The van der Waals surface area contributed by atoms with Crippen LogP contribution in [0.3, 0.4) is 0 Å². The molecule has 0 fully saturated rings. The van der Waals surface area contributed by atoms with Gasteiger partial charge in [-0.3, -0.25) is 9.59 Å². The molecular formula is C12H23NO4. The first-order valence-corrected chi connectivity index (χ1v) is 6.21. The fourth-order valence-corrected chi connectivity index (χ4v) is 1.70. The van der Waals surface area contributed by atoms with Gasteiger partial charge in [-0.05, 0) is 25.7 Å². The molecule has 0 radical (unpaired) electrons. The molecule has 0 aliphatic rings. The van der Waals surface area contributed by atoms with E-state index in [4.69, 9.17) is 15.9 Å². The van der Waals surface area contributed by atoms with Crippen LogP contribution in [-0.4, -0.2) is 28.2 Å². The average Bonchev–Trinajstić information content (AvgIpc) is 2.22. The topological polar surface area (TPSA) is 101 Å². The minimum Gasteiger partial charge on any atom is -0.481 e. The molecule has 0 saturated carbocycles. The standard InChI is InChI=1S/C12H23NO4/c13-10(7-5-9-12(16)17)6-3-1-2-4-8-11(14)15/h10H,1-9,13H2,(H,14,15)(H,16,17). The van der Waals surface area contributed by atoms with Gasteiger partial charge in [-0.1, -0.05) is 19.3 Å². The summed E-state index contributed by atoms with van der Waals surface area (Å²) in [7, 11) is 0. The minimum absolute atomic E-state index is 0.0776. The van der Waals surface area contributed by atoms with Crippen LogP contribution in [0.25, 0.3) is 0 Å². The van der Waals surface area contributed by atoms with Crippen molar-refractivity contribution in [3.63, 3.8) is 0 Å². The van der Waals surface area contributed by atoms with Gasteiger partial charge in [0, 0.05) is 18.9 Å². The number of nitrogens with two attached hydrogens (primary N) is 1. The van der Waals surface area contributed by atoms with Crippen LogP contribution in [0.1, 0.15) is 57.8 Å². The average molecular weight is 245 g/mol. The summed E-state index contributed by atoms with van der Waals surface area (Å²) in [6, 6.07) is 0.0776. The molecular weight excluding hydrogens is 222 g/mol. The summed E-state index contributed by atoms with van der Waals surface area (Å²) >= 11 is 0. The predicted octanol–water partition coefficient (Wildman–Crippen LogP) is 1.99. The largest absolute Gasteiger partial charge is 0.481 e. The Bertz CT molecular complexity index is 231. The number of carbonyl (C=O) groups is 2. The highest BCUT2D eigenvalue weighted by atomic mass is 16.4. The molecule has 100 valence electrons. The second-order valence-corrected chi connectivity index (χ2v) is 4.39. The lowest BCUT2D eigenvalue weighted by molar-refractivity contribution is -0.138. The Hall–Kier alpha value is -1.10. The van der Waals surface area contributed by atoms with Gasteiger partial charge in [0.1, 0.15) is 0 Å². The number of hydrogen-bond acceptors (Lipinski definition) is 3. The number of rotatable bonds is 11. The van der Waals surface area contributed by atoms with E-state index in [0.29, 0.717) is 6.42 Å². The van der Waals surface area contributed by atoms with Crippen molar-refractivity contribution in [2.24, 2.45) is 5.73 Å². The summed E-state index contributed by atoms with van der Waals surface area (Å²) in [4.78, 5) is 20.5. The minimum atomic E-state index is -0.772. The fourth-order valence-electron chi connectivity index (χ4n) is 1.70. The predicted molar refractivity (Wildman–Crippen MR) is 64.8 cm³/mol. The molecule has 1 unspecified atom stereocenters. The second kappa shape index (κ2) is 10.1. The van der Waals surface area contributed by atoms with E-state index in [-0.39, 0.29) is 18.9 Å². The van der Waals surface area contributed by atoms with E-state index in [0.717, 1.165) is 38.5 Å². The van der Waals surface area contributed by atoms with Crippen LogP contribution >= 0.6 is 0 Å². The molecule has 1 atom stereocenters. The third-order valence-corrected chi connectivity index (χ3v) is 2.68. The van der Waals surface area contributed by atoms with Crippen molar-refractivity contribution >= 4 is 11.9 Å². The normalized spacial score (nSPS) is 12.3. The highest BCUT2D eigenvalue weighted by molar-refractivity contribution is 5.66. The molecule has 0 aromatic carbocycles. The summed E-state index contributed by atoms with van der Waals surface area (Å²) in [5.74, 6) is -1.51. The highest BCUT2D eigenvalue weighted by Crippen LogP contribution is 2.10. The van der Waals surface area contributed by atoms with Crippen LogP contribution in [0.4, 0.5) is 0 Å². The monoisotopic (exact) mass is 245 g/mol. The zero-order valence-electron chi connectivity index (χ0n) is 10.2. The fraction of sp³-hybridized carbons (Fsp3) is 0.833. The van der Waals surface area contributed by atoms with Crippen LogP contribution in [0, 0.1) is 0 Å². The van der Waals surface area contributed by atoms with Crippen LogP contribution in [0.2, 0.25) is 0 Å². The molecule has 0 saturated heterocycles. The van der Waals surface area contributed by atoms with Gasteiger partial charge in [0.2, 0.25) is 0 Å². The molecule has 0 bridgehead atoms. The quantitative estimate of drug-likeness (QED) is 0.483. The number of carboxylic acid groups (broad SMARTS) is 2. The van der Waals surface area contributed by atoms with E-state index in [1.54, 1.807) is 0 Å². The van der Waals surface area contributed by atoms with Crippen molar-refractivity contribution in [2.75, 3.05) is 0 Å². The maximum Gasteiger partial charge on any atom is 0.303 e. The van der Waals surface area contributed by atoms with Gasteiger partial charge >= 0.3 is 11.9 Å². The molecule has 0 aromatic heterocycles. The lowest BCUT2D eigenvalue weighted by Gasteiger charge is -2.10. The van der Waals surface area contributed by atoms with Crippen molar-refractivity contribution in [3.05, 3.63) is 0 Å². The van der Waals surface area contributed by atoms with Crippen molar-refractivity contribution in [1.29, 1.82) is 0 Å². The Morgan fingerprint density at radius 1 is 0.824 bits per heavy atom. The molecule has 0 aliphatic heterocycles. The highest BCUT2D eigenvalue weighted by Gasteiger charge is 2.04. The molecule has 0 amide bonds. The Kier molecular flexibility index (Phi) is 9.43. The van der Waals surface area contributed by atoms with Crippen LogP contribution < -0.4 is 5.73 Å². The molecule has 4 N–H and O–H groups in total. The van der Waals surface area contributed by atoms with Crippen molar-refractivity contribution in [2.45, 2.75) is 63.8 Å². The van der Waals surface area contributed by atoms with E-state index < -0.39 is 11.9 Å². The van der Waals surface area contributed by atoms with Gasteiger partial charge in [0.05, 0.1) is 0 Å². The van der Waals surface area contributed by atoms with Gasteiger partial charge in [-0.2, -0.15) is 0 Å². The maximum absolute atomic E-state index is 10.3. The Labute approximate surface area is 102 Å². The first kappa shape index (κ1) is 15.9. The number of aliphatic carboxylic acids is 2. The lowest BCUT2D eigenvalue weighted by atomic mass is 10.0. The van der Waals surface area contributed by atoms with Crippen molar-refractivity contribution < 1.29 is 19.8 Å². The molecule has 5 heteroatoms. The van der Waals surface area contributed by atoms with Gasteiger partial charge in [0.25, 0.3) is 0 Å². The number of unbranched alkanes of at least 4 members (excludes halogenated alkanes) is 3. The first-order chi connectivity index (χ1) is 8.02. The maximum atomic E-state index is 10.3. The van der Waals surface area contributed by atoms with E-state index >= 15 is 0 Å². The zero-order chi connectivity index (χ0) is 13.1. The zero-order valence-corrected chi connectivity index (χ0v) is 10.2. The van der Waals surface area contributed by atoms with Crippen LogP contribution in [-0.2, 0) is 9.59 Å². The third kappa shape index (κ3) is 12.8.